The van der Waals surface area contributed by atoms with Crippen LogP contribution in [0.4, 0.5) is 0 Å². The maximum absolute atomic E-state index is 12.1. The Balaban J connectivity index is 2.78. The SMILES string of the molecule is COCCC[C@@]1(C(=O)O)CCCN(C(=O)C=C(C)C)C1. The fourth-order valence-electron chi connectivity index (χ4n) is 2.70. The summed E-state index contributed by atoms with van der Waals surface area (Å²) >= 11 is 0. The number of amides is 1. The zero-order valence-electron chi connectivity index (χ0n) is 12.6. The number of carbonyl (C=O) groups is 2. The number of carbonyl (C=O) groups excluding carboxylic acids is 1. The van der Waals surface area contributed by atoms with Gasteiger partial charge in [-0.1, -0.05) is 5.57 Å². The third-order valence-electron chi connectivity index (χ3n) is 3.76. The molecule has 1 heterocycles. The molecule has 1 amide bonds. The second-order valence-corrected chi connectivity index (χ2v) is 5.77. The molecule has 0 saturated carbocycles. The number of nitrogens with zero attached hydrogens (tertiary/aromatic N) is 1. The van der Waals surface area contributed by atoms with E-state index in [0.29, 0.717) is 39.0 Å². The van der Waals surface area contributed by atoms with Gasteiger partial charge < -0.3 is 14.7 Å². The summed E-state index contributed by atoms with van der Waals surface area (Å²) in [6.07, 6.45) is 4.20. The van der Waals surface area contributed by atoms with Crippen molar-refractivity contribution in [2.45, 2.75) is 39.5 Å². The van der Waals surface area contributed by atoms with E-state index < -0.39 is 11.4 Å². The van der Waals surface area contributed by atoms with Crippen LogP contribution < -0.4 is 0 Å². The summed E-state index contributed by atoms with van der Waals surface area (Å²) in [5, 5.41) is 9.58. The summed E-state index contributed by atoms with van der Waals surface area (Å²) in [6.45, 7) is 5.23. The van der Waals surface area contributed by atoms with Crippen LogP contribution in [-0.2, 0) is 14.3 Å². The molecule has 0 spiro atoms. The Morgan fingerprint density at radius 2 is 2.10 bits per heavy atom. The Labute approximate surface area is 120 Å². The zero-order chi connectivity index (χ0) is 15.2. The van der Waals surface area contributed by atoms with Gasteiger partial charge in [-0.15, -0.1) is 0 Å². The van der Waals surface area contributed by atoms with Crippen molar-refractivity contribution in [3.8, 4) is 0 Å². The van der Waals surface area contributed by atoms with Gasteiger partial charge in [0.2, 0.25) is 5.91 Å². The number of rotatable bonds is 6. The third kappa shape index (κ3) is 4.34. The Bertz CT molecular complexity index is 387. The lowest BCUT2D eigenvalue weighted by atomic mass is 9.76. The van der Waals surface area contributed by atoms with Gasteiger partial charge in [-0.25, -0.2) is 0 Å². The summed E-state index contributed by atoms with van der Waals surface area (Å²) in [7, 11) is 1.61. The summed E-state index contributed by atoms with van der Waals surface area (Å²) in [4.78, 5) is 25.4. The van der Waals surface area contributed by atoms with Gasteiger partial charge in [0.05, 0.1) is 5.41 Å². The van der Waals surface area contributed by atoms with E-state index in [1.807, 2.05) is 13.8 Å². The van der Waals surface area contributed by atoms with Gasteiger partial charge in [-0.05, 0) is 39.5 Å². The minimum Gasteiger partial charge on any atom is -0.481 e. The first-order valence-corrected chi connectivity index (χ1v) is 7.07. The molecule has 1 rings (SSSR count). The first-order valence-electron chi connectivity index (χ1n) is 7.07. The highest BCUT2D eigenvalue weighted by atomic mass is 16.5. The van der Waals surface area contributed by atoms with Crippen molar-refractivity contribution >= 4 is 11.9 Å². The number of piperidine rings is 1. The van der Waals surface area contributed by atoms with Gasteiger partial charge in [0, 0.05) is 32.9 Å². The standard InChI is InChI=1S/C15H25NO4/c1-12(2)10-13(17)16-8-4-6-15(11-16,14(18)19)7-5-9-20-3/h10H,4-9,11H2,1-3H3,(H,18,19)/t15-/m0/s1. The second kappa shape index (κ2) is 7.43. The van der Waals surface area contributed by atoms with Crippen molar-refractivity contribution in [2.24, 2.45) is 5.41 Å². The molecule has 1 aliphatic heterocycles. The van der Waals surface area contributed by atoms with Gasteiger partial charge in [-0.2, -0.15) is 0 Å². The van der Waals surface area contributed by atoms with Crippen molar-refractivity contribution in [3.63, 3.8) is 0 Å². The molecule has 1 saturated heterocycles. The summed E-state index contributed by atoms with van der Waals surface area (Å²) < 4.78 is 5.00. The molecule has 1 fully saturated rings. The van der Waals surface area contributed by atoms with E-state index >= 15 is 0 Å². The quantitative estimate of drug-likeness (QED) is 0.598. The van der Waals surface area contributed by atoms with Gasteiger partial charge in [0.15, 0.2) is 0 Å². The van der Waals surface area contributed by atoms with Gasteiger partial charge in [0.25, 0.3) is 0 Å². The highest BCUT2D eigenvalue weighted by Crippen LogP contribution is 2.35. The fraction of sp³-hybridized carbons (Fsp3) is 0.733. The monoisotopic (exact) mass is 283 g/mol. The van der Waals surface area contributed by atoms with Crippen LogP contribution in [0.1, 0.15) is 39.5 Å². The predicted molar refractivity (Wildman–Crippen MR) is 76.4 cm³/mol. The predicted octanol–water partition coefficient (Wildman–Crippen LogP) is 2.07. The Morgan fingerprint density at radius 3 is 2.65 bits per heavy atom. The van der Waals surface area contributed by atoms with Crippen molar-refractivity contribution in [1.29, 1.82) is 0 Å². The first-order chi connectivity index (χ1) is 9.41. The van der Waals surface area contributed by atoms with Crippen LogP contribution in [0.5, 0.6) is 0 Å². The first kappa shape index (κ1) is 16.7. The molecular formula is C15H25NO4. The largest absolute Gasteiger partial charge is 0.481 e. The van der Waals surface area contributed by atoms with Gasteiger partial charge in [0.1, 0.15) is 0 Å². The number of ether oxygens (including phenoxy) is 1. The van der Waals surface area contributed by atoms with Crippen molar-refractivity contribution in [2.75, 3.05) is 26.8 Å². The summed E-state index contributed by atoms with van der Waals surface area (Å²) in [5.41, 5.74) is 0.114. The highest BCUT2D eigenvalue weighted by Gasteiger charge is 2.42. The van der Waals surface area contributed by atoms with E-state index in [0.717, 1.165) is 12.0 Å². The maximum Gasteiger partial charge on any atom is 0.311 e. The smallest absolute Gasteiger partial charge is 0.311 e. The number of carboxylic acids is 1. The number of carboxylic acid groups (broad SMARTS) is 1. The third-order valence-corrected chi connectivity index (χ3v) is 3.76. The number of likely N-dealkylation sites (tertiary alicyclic amines) is 1. The molecule has 0 aliphatic carbocycles. The Kier molecular flexibility index (Phi) is 6.20. The highest BCUT2D eigenvalue weighted by molar-refractivity contribution is 5.89. The second-order valence-electron chi connectivity index (χ2n) is 5.77. The molecule has 0 radical (unpaired) electrons. The fourth-order valence-corrected chi connectivity index (χ4v) is 2.70. The molecule has 1 atom stereocenters. The molecule has 0 aromatic rings. The Morgan fingerprint density at radius 1 is 1.40 bits per heavy atom. The van der Waals surface area contributed by atoms with Crippen LogP contribution in [0.15, 0.2) is 11.6 Å². The average molecular weight is 283 g/mol. The zero-order valence-corrected chi connectivity index (χ0v) is 12.6. The van der Waals surface area contributed by atoms with Crippen molar-refractivity contribution < 1.29 is 19.4 Å². The molecule has 1 N–H and O–H groups in total. The molecule has 0 unspecified atom stereocenters. The number of allylic oxidation sites excluding steroid dienone is 1. The lowest BCUT2D eigenvalue weighted by molar-refractivity contribution is -0.155. The lowest BCUT2D eigenvalue weighted by Crippen LogP contribution is -2.49. The van der Waals surface area contributed by atoms with E-state index in [1.54, 1.807) is 18.1 Å². The molecule has 0 aromatic carbocycles. The molecule has 0 aromatic heterocycles. The maximum atomic E-state index is 12.1. The van der Waals surface area contributed by atoms with E-state index in [2.05, 4.69) is 0 Å². The van der Waals surface area contributed by atoms with E-state index in [9.17, 15) is 14.7 Å². The molecule has 5 heteroatoms. The number of methoxy groups -OCH3 is 1. The van der Waals surface area contributed by atoms with E-state index in [-0.39, 0.29) is 5.91 Å². The lowest BCUT2D eigenvalue weighted by Gasteiger charge is -2.39. The molecule has 0 bridgehead atoms. The average Bonchev–Trinajstić information content (AvgIpc) is 2.38. The molecular weight excluding hydrogens is 258 g/mol. The normalized spacial score (nSPS) is 22.4. The summed E-state index contributed by atoms with van der Waals surface area (Å²) in [5.74, 6) is -0.884. The molecule has 20 heavy (non-hydrogen) atoms. The van der Waals surface area contributed by atoms with Crippen LogP contribution in [0, 0.1) is 5.41 Å². The van der Waals surface area contributed by atoms with Crippen LogP contribution in [0.3, 0.4) is 0 Å². The minimum absolute atomic E-state index is 0.0814. The van der Waals surface area contributed by atoms with Crippen LogP contribution in [-0.4, -0.2) is 48.7 Å². The Hall–Kier alpha value is -1.36. The number of hydrogen-bond donors (Lipinski definition) is 1. The van der Waals surface area contributed by atoms with Crippen molar-refractivity contribution in [3.05, 3.63) is 11.6 Å². The number of hydrogen-bond acceptors (Lipinski definition) is 3. The molecule has 1 aliphatic rings. The molecule has 114 valence electrons. The van der Waals surface area contributed by atoms with E-state index in [4.69, 9.17) is 4.74 Å². The summed E-state index contributed by atoms with van der Waals surface area (Å²) in [6, 6.07) is 0. The van der Waals surface area contributed by atoms with Gasteiger partial charge in [-0.3, -0.25) is 9.59 Å². The number of aliphatic carboxylic acids is 1. The van der Waals surface area contributed by atoms with Crippen LogP contribution in [0.2, 0.25) is 0 Å². The van der Waals surface area contributed by atoms with Crippen LogP contribution >= 0.6 is 0 Å². The van der Waals surface area contributed by atoms with Crippen LogP contribution in [0.25, 0.3) is 0 Å². The van der Waals surface area contributed by atoms with Gasteiger partial charge >= 0.3 is 5.97 Å². The van der Waals surface area contributed by atoms with E-state index in [1.165, 1.54) is 0 Å². The minimum atomic E-state index is -0.818. The topological polar surface area (TPSA) is 66.8 Å². The molecule has 5 nitrogen and oxygen atoms in total. The van der Waals surface area contributed by atoms with Crippen molar-refractivity contribution in [1.82, 2.24) is 4.90 Å².